The van der Waals surface area contributed by atoms with E-state index >= 15 is 0 Å². The van der Waals surface area contributed by atoms with Crippen LogP contribution in [-0.4, -0.2) is 26.3 Å². The Morgan fingerprint density at radius 2 is 1.67 bits per heavy atom. The number of rotatable bonds is 7. The van der Waals surface area contributed by atoms with Gasteiger partial charge in [0, 0.05) is 17.0 Å². The van der Waals surface area contributed by atoms with E-state index in [0.717, 1.165) is 29.5 Å². The van der Waals surface area contributed by atoms with Crippen molar-refractivity contribution >= 4 is 29.1 Å². The zero-order chi connectivity index (χ0) is 23.4. The Hall–Kier alpha value is -3.10. The number of hydrogen-bond acceptors (Lipinski definition) is 4. The molecule has 0 atom stereocenters. The summed E-state index contributed by atoms with van der Waals surface area (Å²) in [6.07, 6.45) is -4.11. The van der Waals surface area contributed by atoms with E-state index in [4.69, 9.17) is 11.6 Å². The van der Waals surface area contributed by atoms with Crippen molar-refractivity contribution in [3.63, 3.8) is 0 Å². The molecule has 0 fully saturated rings. The number of carbonyl (C=O) groups excluding carboxylic acids is 1. The van der Waals surface area contributed by atoms with Crippen LogP contribution in [0.5, 0.6) is 0 Å². The van der Waals surface area contributed by atoms with Gasteiger partial charge in [0.2, 0.25) is 0 Å². The molecule has 0 aliphatic rings. The summed E-state index contributed by atoms with van der Waals surface area (Å²) in [5.74, 6) is 0.367. The molecule has 0 unspecified atom stereocenters. The van der Waals surface area contributed by atoms with Crippen molar-refractivity contribution in [1.29, 1.82) is 0 Å². The third-order valence-electron chi connectivity index (χ3n) is 4.84. The molecule has 0 aliphatic carbocycles. The molecular formula is C24H17ClF3N3OS. The van der Waals surface area contributed by atoms with Gasteiger partial charge < -0.3 is 0 Å². The van der Waals surface area contributed by atoms with Gasteiger partial charge in [0.05, 0.1) is 17.0 Å². The predicted octanol–water partition coefficient (Wildman–Crippen LogP) is 6.51. The minimum Gasteiger partial charge on any atom is -0.293 e. The van der Waals surface area contributed by atoms with Gasteiger partial charge >= 0.3 is 6.18 Å². The Bertz CT molecular complexity index is 1260. The number of hydrogen-bond donors (Lipinski definition) is 0. The largest absolute Gasteiger partial charge is 0.416 e. The second-order valence-electron chi connectivity index (χ2n) is 7.16. The first-order chi connectivity index (χ1) is 15.8. The maximum absolute atomic E-state index is 13.3. The highest BCUT2D eigenvalue weighted by Gasteiger charge is 2.31. The first-order valence-electron chi connectivity index (χ1n) is 9.88. The van der Waals surface area contributed by atoms with Crippen LogP contribution in [-0.2, 0) is 12.6 Å². The average molecular weight is 488 g/mol. The Morgan fingerprint density at radius 3 is 2.36 bits per heavy atom. The SMILES string of the molecule is O=C(CSc1nnc(Cc2ccccc2)n1-c1cccc(C(F)(F)F)c1)c1ccc(Cl)cc1. The Balaban J connectivity index is 1.67. The molecule has 1 aromatic heterocycles. The lowest BCUT2D eigenvalue weighted by Gasteiger charge is -2.13. The standard InChI is InChI=1S/C24H17ClF3N3OS/c25-19-11-9-17(10-12-19)21(32)15-33-23-30-29-22(13-16-5-2-1-3-6-16)31(23)20-8-4-7-18(14-20)24(26,27)28/h1-12,14H,13,15H2. The lowest BCUT2D eigenvalue weighted by molar-refractivity contribution is -0.137. The molecule has 0 bridgehead atoms. The minimum absolute atomic E-state index is 0.0457. The van der Waals surface area contributed by atoms with E-state index in [1.54, 1.807) is 34.9 Å². The van der Waals surface area contributed by atoms with Crippen LogP contribution >= 0.6 is 23.4 Å². The molecule has 0 aliphatic heterocycles. The van der Waals surface area contributed by atoms with Crippen LogP contribution in [0.15, 0.2) is 84.0 Å². The highest BCUT2D eigenvalue weighted by atomic mass is 35.5. The smallest absolute Gasteiger partial charge is 0.293 e. The second kappa shape index (κ2) is 9.80. The van der Waals surface area contributed by atoms with Crippen molar-refractivity contribution in [2.24, 2.45) is 0 Å². The van der Waals surface area contributed by atoms with Crippen molar-refractivity contribution in [2.75, 3.05) is 5.75 Å². The van der Waals surface area contributed by atoms with E-state index in [2.05, 4.69) is 10.2 Å². The average Bonchev–Trinajstić information content (AvgIpc) is 3.20. The fourth-order valence-electron chi connectivity index (χ4n) is 3.22. The molecule has 4 aromatic rings. The van der Waals surface area contributed by atoms with Crippen LogP contribution in [0.2, 0.25) is 5.02 Å². The van der Waals surface area contributed by atoms with Gasteiger partial charge in [0.15, 0.2) is 10.9 Å². The predicted molar refractivity (Wildman–Crippen MR) is 122 cm³/mol. The van der Waals surface area contributed by atoms with Crippen molar-refractivity contribution in [3.05, 3.63) is 106 Å². The van der Waals surface area contributed by atoms with E-state index in [9.17, 15) is 18.0 Å². The number of carbonyl (C=O) groups is 1. The van der Waals surface area contributed by atoms with Gasteiger partial charge in [-0.05, 0) is 48.0 Å². The molecule has 4 nitrogen and oxygen atoms in total. The molecule has 4 rings (SSSR count). The van der Waals surface area contributed by atoms with Crippen LogP contribution in [0.1, 0.15) is 27.3 Å². The van der Waals surface area contributed by atoms with Crippen LogP contribution in [0.3, 0.4) is 0 Å². The van der Waals surface area contributed by atoms with Crippen LogP contribution in [0, 0.1) is 0 Å². The zero-order valence-corrected chi connectivity index (χ0v) is 18.7. The van der Waals surface area contributed by atoms with Crippen molar-refractivity contribution in [3.8, 4) is 5.69 Å². The third-order valence-corrected chi connectivity index (χ3v) is 6.02. The summed E-state index contributed by atoms with van der Waals surface area (Å²) in [5, 5.41) is 9.26. The summed E-state index contributed by atoms with van der Waals surface area (Å²) >= 11 is 6.99. The number of halogens is 4. The van der Waals surface area contributed by atoms with Gasteiger partial charge in [-0.15, -0.1) is 10.2 Å². The molecule has 3 aromatic carbocycles. The van der Waals surface area contributed by atoms with E-state index in [1.807, 2.05) is 30.3 Å². The topological polar surface area (TPSA) is 47.8 Å². The fourth-order valence-corrected chi connectivity index (χ4v) is 4.21. The van der Waals surface area contributed by atoms with Gasteiger partial charge in [-0.2, -0.15) is 13.2 Å². The highest BCUT2D eigenvalue weighted by Crippen LogP contribution is 2.32. The Morgan fingerprint density at radius 1 is 0.939 bits per heavy atom. The van der Waals surface area contributed by atoms with E-state index < -0.39 is 11.7 Å². The lowest BCUT2D eigenvalue weighted by Crippen LogP contribution is -2.09. The molecule has 0 amide bonds. The van der Waals surface area contributed by atoms with Gasteiger partial charge in [-0.25, -0.2) is 0 Å². The number of nitrogens with zero attached hydrogens (tertiary/aromatic N) is 3. The first kappa shape index (κ1) is 23.1. The minimum atomic E-state index is -4.48. The van der Waals surface area contributed by atoms with Gasteiger partial charge in [0.25, 0.3) is 0 Å². The number of benzene rings is 3. The monoisotopic (exact) mass is 487 g/mol. The number of Topliss-reactive ketones (excluding diaryl/α,β-unsaturated/α-hetero) is 1. The van der Waals surface area contributed by atoms with E-state index in [1.165, 1.54) is 6.07 Å². The summed E-state index contributed by atoms with van der Waals surface area (Å²) in [6, 6.07) is 20.9. The Kier molecular flexibility index (Phi) is 6.85. The highest BCUT2D eigenvalue weighted by molar-refractivity contribution is 7.99. The maximum atomic E-state index is 13.3. The molecule has 0 radical (unpaired) electrons. The van der Waals surface area contributed by atoms with Crippen molar-refractivity contribution in [2.45, 2.75) is 17.8 Å². The molecule has 1 heterocycles. The molecule has 9 heteroatoms. The van der Waals surface area contributed by atoms with E-state index in [0.29, 0.717) is 28.0 Å². The number of ketones is 1. The molecule has 0 saturated carbocycles. The van der Waals surface area contributed by atoms with Crippen LogP contribution < -0.4 is 0 Å². The second-order valence-corrected chi connectivity index (χ2v) is 8.54. The van der Waals surface area contributed by atoms with Crippen molar-refractivity contribution < 1.29 is 18.0 Å². The number of alkyl halides is 3. The van der Waals surface area contributed by atoms with Crippen LogP contribution in [0.25, 0.3) is 5.69 Å². The molecule has 33 heavy (non-hydrogen) atoms. The molecule has 168 valence electrons. The van der Waals surface area contributed by atoms with E-state index in [-0.39, 0.29) is 17.2 Å². The third kappa shape index (κ3) is 5.64. The first-order valence-corrected chi connectivity index (χ1v) is 11.2. The summed E-state index contributed by atoms with van der Waals surface area (Å²) in [4.78, 5) is 12.6. The van der Waals surface area contributed by atoms with Crippen molar-refractivity contribution in [1.82, 2.24) is 14.8 Å². The number of thioether (sulfide) groups is 1. The summed E-state index contributed by atoms with van der Waals surface area (Å²) in [7, 11) is 0. The molecule has 0 saturated heterocycles. The quantitative estimate of drug-likeness (QED) is 0.220. The molecular weight excluding hydrogens is 471 g/mol. The Labute approximate surface area is 197 Å². The number of aromatic nitrogens is 3. The zero-order valence-electron chi connectivity index (χ0n) is 17.1. The van der Waals surface area contributed by atoms with Crippen LogP contribution in [0.4, 0.5) is 13.2 Å². The summed E-state index contributed by atoms with van der Waals surface area (Å²) < 4.78 is 41.6. The fraction of sp³-hybridized carbons (Fsp3) is 0.125. The summed E-state index contributed by atoms with van der Waals surface area (Å²) in [5.41, 5.74) is 0.934. The normalized spacial score (nSPS) is 11.5. The maximum Gasteiger partial charge on any atom is 0.416 e. The molecule has 0 spiro atoms. The van der Waals surface area contributed by atoms with Gasteiger partial charge in [0.1, 0.15) is 5.82 Å². The molecule has 0 N–H and O–H groups in total. The summed E-state index contributed by atoms with van der Waals surface area (Å²) in [6.45, 7) is 0. The lowest BCUT2D eigenvalue weighted by atomic mass is 10.1. The van der Waals surface area contributed by atoms with Gasteiger partial charge in [-0.3, -0.25) is 9.36 Å². The van der Waals surface area contributed by atoms with Gasteiger partial charge in [-0.1, -0.05) is 59.8 Å².